The summed E-state index contributed by atoms with van der Waals surface area (Å²) in [6.07, 6.45) is 2.08. The molecule has 0 amide bonds. The van der Waals surface area contributed by atoms with E-state index in [-0.39, 0.29) is 11.5 Å². The number of carbonyl (C=O) groups is 1. The van der Waals surface area contributed by atoms with Crippen LogP contribution in [0.1, 0.15) is 5.56 Å². The number of benzene rings is 2. The van der Waals surface area contributed by atoms with Crippen molar-refractivity contribution in [3.63, 3.8) is 0 Å². The lowest BCUT2D eigenvalue weighted by atomic mass is 10.2. The molecule has 2 aromatic rings. The third-order valence-corrected chi connectivity index (χ3v) is 2.49. The van der Waals surface area contributed by atoms with E-state index < -0.39 is 23.4 Å². The standard InChI is InChI=1S/C15H9F3O3/c16-11-4-3-10(8-12(11)17)21-14-5-1-9(7-13(14)18)2-6-15(19)20/h1-8H,(H,19,20)/b6-2+. The first-order valence-electron chi connectivity index (χ1n) is 5.79. The van der Waals surface area contributed by atoms with Crippen molar-refractivity contribution in [2.24, 2.45) is 0 Å². The molecule has 2 rings (SSSR count). The van der Waals surface area contributed by atoms with Crippen LogP contribution in [0, 0.1) is 17.5 Å². The number of hydrogen-bond donors (Lipinski definition) is 1. The van der Waals surface area contributed by atoms with Crippen LogP contribution in [0.3, 0.4) is 0 Å². The van der Waals surface area contributed by atoms with Gasteiger partial charge in [0.2, 0.25) is 0 Å². The van der Waals surface area contributed by atoms with Gasteiger partial charge in [-0.25, -0.2) is 18.0 Å². The molecule has 0 fully saturated rings. The summed E-state index contributed by atoms with van der Waals surface area (Å²) in [5.74, 6) is -4.29. The quantitative estimate of drug-likeness (QED) is 0.867. The maximum atomic E-state index is 13.8. The molecule has 108 valence electrons. The summed E-state index contributed by atoms with van der Waals surface area (Å²) in [7, 11) is 0. The van der Waals surface area contributed by atoms with Crippen molar-refractivity contribution in [3.05, 3.63) is 65.5 Å². The fourth-order valence-electron chi connectivity index (χ4n) is 1.54. The first-order chi connectivity index (χ1) is 9.95. The van der Waals surface area contributed by atoms with Crippen molar-refractivity contribution in [1.29, 1.82) is 0 Å². The summed E-state index contributed by atoms with van der Waals surface area (Å²) >= 11 is 0. The zero-order valence-corrected chi connectivity index (χ0v) is 10.5. The van der Waals surface area contributed by atoms with Gasteiger partial charge in [0.15, 0.2) is 23.2 Å². The van der Waals surface area contributed by atoms with E-state index >= 15 is 0 Å². The van der Waals surface area contributed by atoms with Crippen molar-refractivity contribution < 1.29 is 27.8 Å². The second-order valence-electron chi connectivity index (χ2n) is 4.04. The van der Waals surface area contributed by atoms with Gasteiger partial charge in [-0.15, -0.1) is 0 Å². The minimum atomic E-state index is -1.16. The van der Waals surface area contributed by atoms with Gasteiger partial charge in [0.25, 0.3) is 0 Å². The lowest BCUT2D eigenvalue weighted by Gasteiger charge is -2.07. The van der Waals surface area contributed by atoms with Gasteiger partial charge < -0.3 is 9.84 Å². The van der Waals surface area contributed by atoms with Crippen LogP contribution in [0.2, 0.25) is 0 Å². The third kappa shape index (κ3) is 3.85. The molecule has 0 aliphatic carbocycles. The predicted octanol–water partition coefficient (Wildman–Crippen LogP) is 3.99. The molecule has 1 N–H and O–H groups in total. The van der Waals surface area contributed by atoms with E-state index in [1.807, 2.05) is 0 Å². The number of halogens is 3. The highest BCUT2D eigenvalue weighted by molar-refractivity contribution is 5.85. The number of ether oxygens (including phenoxy) is 1. The Bertz CT molecular complexity index is 711. The van der Waals surface area contributed by atoms with Gasteiger partial charge in [-0.2, -0.15) is 0 Å². The second-order valence-corrected chi connectivity index (χ2v) is 4.04. The molecule has 0 heterocycles. The van der Waals surface area contributed by atoms with E-state index in [9.17, 15) is 18.0 Å². The van der Waals surface area contributed by atoms with Crippen molar-refractivity contribution in [1.82, 2.24) is 0 Å². The lowest BCUT2D eigenvalue weighted by molar-refractivity contribution is -0.131. The molecule has 21 heavy (non-hydrogen) atoms. The molecule has 0 spiro atoms. The van der Waals surface area contributed by atoms with Crippen LogP contribution in [0.15, 0.2) is 42.5 Å². The molecule has 0 unspecified atom stereocenters. The van der Waals surface area contributed by atoms with Crippen molar-refractivity contribution in [2.45, 2.75) is 0 Å². The summed E-state index contributed by atoms with van der Waals surface area (Å²) in [6, 6.07) is 6.58. The van der Waals surface area contributed by atoms with E-state index in [0.717, 1.165) is 30.3 Å². The normalized spacial score (nSPS) is 10.8. The molecule has 0 saturated carbocycles. The van der Waals surface area contributed by atoms with Crippen LogP contribution in [-0.4, -0.2) is 11.1 Å². The number of hydrogen-bond acceptors (Lipinski definition) is 2. The zero-order valence-electron chi connectivity index (χ0n) is 10.5. The summed E-state index contributed by atoms with van der Waals surface area (Å²) in [4.78, 5) is 10.4. The van der Waals surface area contributed by atoms with Crippen LogP contribution in [-0.2, 0) is 4.79 Å². The predicted molar refractivity (Wildman–Crippen MR) is 69.5 cm³/mol. The molecule has 0 aliphatic heterocycles. The van der Waals surface area contributed by atoms with Crippen LogP contribution in [0.5, 0.6) is 11.5 Å². The fraction of sp³-hybridized carbons (Fsp3) is 0. The van der Waals surface area contributed by atoms with Gasteiger partial charge in [0, 0.05) is 12.1 Å². The average Bonchev–Trinajstić information content (AvgIpc) is 2.43. The Morgan fingerprint density at radius 3 is 2.38 bits per heavy atom. The third-order valence-electron chi connectivity index (χ3n) is 2.49. The Hall–Kier alpha value is -2.76. The van der Waals surface area contributed by atoms with Crippen LogP contribution < -0.4 is 4.74 Å². The highest BCUT2D eigenvalue weighted by Crippen LogP contribution is 2.26. The van der Waals surface area contributed by atoms with Gasteiger partial charge >= 0.3 is 5.97 Å². The van der Waals surface area contributed by atoms with E-state index in [1.165, 1.54) is 18.2 Å². The first kappa shape index (κ1) is 14.6. The Kier molecular flexibility index (Phi) is 4.27. The fourth-order valence-corrected chi connectivity index (χ4v) is 1.54. The van der Waals surface area contributed by atoms with E-state index in [2.05, 4.69) is 0 Å². The highest BCUT2D eigenvalue weighted by atomic mass is 19.2. The number of rotatable bonds is 4. The molecule has 0 aliphatic rings. The Morgan fingerprint density at radius 2 is 1.76 bits per heavy atom. The first-order valence-corrected chi connectivity index (χ1v) is 5.79. The zero-order chi connectivity index (χ0) is 15.4. The number of aliphatic carboxylic acids is 1. The monoisotopic (exact) mass is 294 g/mol. The smallest absolute Gasteiger partial charge is 0.328 e. The summed E-state index contributed by atoms with van der Waals surface area (Å²) < 4.78 is 44.6. The van der Waals surface area contributed by atoms with Crippen molar-refractivity contribution >= 4 is 12.0 Å². The summed E-state index contributed by atoms with van der Waals surface area (Å²) in [5, 5.41) is 8.47. The van der Waals surface area contributed by atoms with Crippen molar-refractivity contribution in [2.75, 3.05) is 0 Å². The maximum Gasteiger partial charge on any atom is 0.328 e. The SMILES string of the molecule is O=C(O)/C=C/c1ccc(Oc2ccc(F)c(F)c2)c(F)c1. The Balaban J connectivity index is 2.21. The Morgan fingerprint density at radius 1 is 1.00 bits per heavy atom. The molecule has 6 heteroatoms. The minimum Gasteiger partial charge on any atom is -0.478 e. The summed E-state index contributed by atoms with van der Waals surface area (Å²) in [6.45, 7) is 0. The molecule has 0 radical (unpaired) electrons. The van der Waals surface area contributed by atoms with Crippen LogP contribution in [0.25, 0.3) is 6.08 Å². The average molecular weight is 294 g/mol. The van der Waals surface area contributed by atoms with Gasteiger partial charge in [-0.05, 0) is 35.9 Å². The Labute approximate surface area is 117 Å². The summed E-state index contributed by atoms with van der Waals surface area (Å²) in [5.41, 5.74) is 0.326. The number of carboxylic acids is 1. The van der Waals surface area contributed by atoms with E-state index in [4.69, 9.17) is 9.84 Å². The molecular formula is C15H9F3O3. The van der Waals surface area contributed by atoms with Gasteiger partial charge in [0.05, 0.1) is 0 Å². The lowest BCUT2D eigenvalue weighted by Crippen LogP contribution is -1.92. The number of carboxylic acid groups (broad SMARTS) is 1. The maximum absolute atomic E-state index is 13.8. The van der Waals surface area contributed by atoms with Gasteiger partial charge in [-0.3, -0.25) is 0 Å². The van der Waals surface area contributed by atoms with E-state index in [0.29, 0.717) is 5.56 Å². The van der Waals surface area contributed by atoms with Gasteiger partial charge in [0.1, 0.15) is 5.75 Å². The molecule has 0 atom stereocenters. The molecule has 3 nitrogen and oxygen atoms in total. The van der Waals surface area contributed by atoms with Gasteiger partial charge in [-0.1, -0.05) is 6.07 Å². The molecule has 2 aromatic carbocycles. The highest BCUT2D eigenvalue weighted by Gasteiger charge is 2.08. The second kappa shape index (κ2) is 6.13. The van der Waals surface area contributed by atoms with Crippen LogP contribution in [0.4, 0.5) is 13.2 Å². The molecule has 0 aromatic heterocycles. The van der Waals surface area contributed by atoms with Crippen molar-refractivity contribution in [3.8, 4) is 11.5 Å². The van der Waals surface area contributed by atoms with Crippen LogP contribution >= 0.6 is 0 Å². The minimum absolute atomic E-state index is 0.0540. The molecule has 0 saturated heterocycles. The topological polar surface area (TPSA) is 46.5 Å². The molecule has 0 bridgehead atoms. The molecular weight excluding hydrogens is 285 g/mol. The largest absolute Gasteiger partial charge is 0.478 e. The van der Waals surface area contributed by atoms with E-state index in [1.54, 1.807) is 0 Å².